The lowest BCUT2D eigenvalue weighted by atomic mass is 9.95. The number of nitrogens with one attached hydrogen (secondary N) is 2. The van der Waals surface area contributed by atoms with Gasteiger partial charge in [-0.1, -0.05) is 36.4 Å². The number of halogens is 2. The average molecular weight is 469 g/mol. The van der Waals surface area contributed by atoms with Crippen LogP contribution in [0.3, 0.4) is 0 Å². The first-order valence-electron chi connectivity index (χ1n) is 8.50. The van der Waals surface area contributed by atoms with Gasteiger partial charge in [-0.3, -0.25) is 4.99 Å². The molecule has 0 aromatic heterocycles. The Morgan fingerprint density at radius 3 is 2.46 bits per heavy atom. The first-order valence-corrected chi connectivity index (χ1v) is 8.50. The highest BCUT2D eigenvalue weighted by Gasteiger charge is 2.46. The lowest BCUT2D eigenvalue weighted by Gasteiger charge is -2.21. The maximum absolute atomic E-state index is 13.7. The predicted molar refractivity (Wildman–Crippen MR) is 114 cm³/mol. The SMILES string of the molecule is CN=C(NCc1ccccc1F)NCC1(c2ccccc2OC)CC1.I. The third kappa shape index (κ3) is 4.66. The fourth-order valence-electron chi connectivity index (χ4n) is 3.07. The summed E-state index contributed by atoms with van der Waals surface area (Å²) in [6.45, 7) is 1.17. The third-order valence-corrected chi connectivity index (χ3v) is 4.75. The zero-order valence-electron chi connectivity index (χ0n) is 15.1. The van der Waals surface area contributed by atoms with E-state index in [1.54, 1.807) is 26.3 Å². The highest BCUT2D eigenvalue weighted by molar-refractivity contribution is 14.0. The van der Waals surface area contributed by atoms with Crippen LogP contribution in [0.1, 0.15) is 24.0 Å². The Labute approximate surface area is 171 Å². The van der Waals surface area contributed by atoms with Gasteiger partial charge in [0.25, 0.3) is 0 Å². The van der Waals surface area contributed by atoms with Crippen molar-refractivity contribution in [1.82, 2.24) is 10.6 Å². The Morgan fingerprint density at radius 2 is 1.81 bits per heavy atom. The predicted octanol–water partition coefficient (Wildman–Crippen LogP) is 3.85. The Hall–Kier alpha value is -1.83. The van der Waals surface area contributed by atoms with Gasteiger partial charge in [-0.15, -0.1) is 24.0 Å². The summed E-state index contributed by atoms with van der Waals surface area (Å²) in [6.07, 6.45) is 2.23. The fourth-order valence-corrected chi connectivity index (χ4v) is 3.07. The van der Waals surface area contributed by atoms with E-state index in [-0.39, 0.29) is 35.2 Å². The average Bonchev–Trinajstić information content (AvgIpc) is 3.44. The molecule has 2 aromatic rings. The minimum Gasteiger partial charge on any atom is -0.496 e. The van der Waals surface area contributed by atoms with Gasteiger partial charge in [-0.2, -0.15) is 0 Å². The largest absolute Gasteiger partial charge is 0.496 e. The maximum Gasteiger partial charge on any atom is 0.191 e. The van der Waals surface area contributed by atoms with E-state index in [4.69, 9.17) is 4.74 Å². The van der Waals surface area contributed by atoms with E-state index in [1.165, 1.54) is 11.6 Å². The number of guanidine groups is 1. The molecular formula is C20H25FIN3O. The van der Waals surface area contributed by atoms with E-state index in [0.29, 0.717) is 18.1 Å². The Kier molecular flexibility index (Phi) is 7.25. The molecular weight excluding hydrogens is 444 g/mol. The van der Waals surface area contributed by atoms with Crippen LogP contribution in [0.25, 0.3) is 0 Å². The highest BCUT2D eigenvalue weighted by Crippen LogP contribution is 2.50. The van der Waals surface area contributed by atoms with E-state index < -0.39 is 0 Å². The molecule has 2 N–H and O–H groups in total. The minimum absolute atomic E-state index is 0. The van der Waals surface area contributed by atoms with Crippen molar-refractivity contribution in [3.05, 3.63) is 65.5 Å². The van der Waals surface area contributed by atoms with Gasteiger partial charge in [0.2, 0.25) is 0 Å². The van der Waals surface area contributed by atoms with Crippen LogP contribution >= 0.6 is 24.0 Å². The van der Waals surface area contributed by atoms with Gasteiger partial charge in [0.15, 0.2) is 5.96 Å². The lowest BCUT2D eigenvalue weighted by Crippen LogP contribution is -2.41. The van der Waals surface area contributed by atoms with Crippen LogP contribution in [0.5, 0.6) is 5.75 Å². The van der Waals surface area contributed by atoms with E-state index in [1.807, 2.05) is 24.3 Å². The molecule has 0 bridgehead atoms. The van der Waals surface area contributed by atoms with Crippen LogP contribution in [-0.4, -0.2) is 26.7 Å². The quantitative estimate of drug-likeness (QED) is 0.384. The van der Waals surface area contributed by atoms with Gasteiger partial charge < -0.3 is 15.4 Å². The Bertz CT molecular complexity index is 762. The topological polar surface area (TPSA) is 45.7 Å². The molecule has 0 atom stereocenters. The van der Waals surface area contributed by atoms with Crippen molar-refractivity contribution >= 4 is 29.9 Å². The van der Waals surface area contributed by atoms with Gasteiger partial charge in [0.05, 0.1) is 7.11 Å². The van der Waals surface area contributed by atoms with Crippen molar-refractivity contribution in [1.29, 1.82) is 0 Å². The number of ether oxygens (including phenoxy) is 1. The molecule has 0 aliphatic heterocycles. The van der Waals surface area contributed by atoms with Crippen LogP contribution in [0.2, 0.25) is 0 Å². The molecule has 1 aliphatic carbocycles. The van der Waals surface area contributed by atoms with Crippen LogP contribution in [-0.2, 0) is 12.0 Å². The molecule has 6 heteroatoms. The van der Waals surface area contributed by atoms with E-state index in [2.05, 4.69) is 21.7 Å². The van der Waals surface area contributed by atoms with Gasteiger partial charge in [0.1, 0.15) is 11.6 Å². The monoisotopic (exact) mass is 469 g/mol. The first kappa shape index (κ1) is 20.5. The molecule has 0 heterocycles. The summed E-state index contributed by atoms with van der Waals surface area (Å²) >= 11 is 0. The first-order chi connectivity index (χ1) is 12.2. The summed E-state index contributed by atoms with van der Waals surface area (Å²) in [5.74, 6) is 1.39. The molecule has 3 rings (SSSR count). The molecule has 140 valence electrons. The van der Waals surface area contributed by atoms with Crippen molar-refractivity contribution in [3.63, 3.8) is 0 Å². The summed E-state index contributed by atoms with van der Waals surface area (Å²) < 4.78 is 19.2. The van der Waals surface area contributed by atoms with Gasteiger partial charge in [-0.25, -0.2) is 4.39 Å². The lowest BCUT2D eigenvalue weighted by molar-refractivity contribution is 0.403. The molecule has 26 heavy (non-hydrogen) atoms. The highest BCUT2D eigenvalue weighted by atomic mass is 127. The Balaban J connectivity index is 0.00000243. The second-order valence-corrected chi connectivity index (χ2v) is 6.35. The molecule has 1 saturated carbocycles. The van der Waals surface area contributed by atoms with Crippen molar-refractivity contribution in [2.45, 2.75) is 24.8 Å². The second-order valence-electron chi connectivity index (χ2n) is 6.35. The van der Waals surface area contributed by atoms with Crippen LogP contribution in [0, 0.1) is 5.82 Å². The van der Waals surface area contributed by atoms with E-state index >= 15 is 0 Å². The molecule has 0 amide bonds. The number of para-hydroxylation sites is 1. The number of rotatable bonds is 6. The molecule has 0 saturated heterocycles. The van der Waals surface area contributed by atoms with Crippen molar-refractivity contribution < 1.29 is 9.13 Å². The van der Waals surface area contributed by atoms with Crippen LogP contribution in [0.15, 0.2) is 53.5 Å². The third-order valence-electron chi connectivity index (χ3n) is 4.75. The molecule has 1 fully saturated rings. The summed E-state index contributed by atoms with van der Waals surface area (Å²) in [4.78, 5) is 4.24. The number of hydrogen-bond donors (Lipinski definition) is 2. The van der Waals surface area contributed by atoms with Crippen molar-refractivity contribution in [3.8, 4) is 5.75 Å². The number of methoxy groups -OCH3 is 1. The van der Waals surface area contributed by atoms with E-state index in [9.17, 15) is 4.39 Å². The molecule has 4 nitrogen and oxygen atoms in total. The summed E-state index contributed by atoms with van der Waals surface area (Å²) in [6, 6.07) is 14.9. The number of benzene rings is 2. The number of hydrogen-bond acceptors (Lipinski definition) is 2. The van der Waals surface area contributed by atoms with Crippen molar-refractivity contribution in [2.75, 3.05) is 20.7 Å². The van der Waals surface area contributed by atoms with Crippen LogP contribution in [0.4, 0.5) is 4.39 Å². The van der Waals surface area contributed by atoms with E-state index in [0.717, 1.165) is 25.1 Å². The molecule has 0 spiro atoms. The molecule has 0 unspecified atom stereocenters. The smallest absolute Gasteiger partial charge is 0.191 e. The van der Waals surface area contributed by atoms with Crippen LogP contribution < -0.4 is 15.4 Å². The second kappa shape index (κ2) is 9.21. The minimum atomic E-state index is -0.210. The fraction of sp³-hybridized carbons (Fsp3) is 0.350. The molecule has 1 aliphatic rings. The standard InChI is InChI=1S/C20H24FN3O.HI/c1-22-19(23-13-15-7-3-5-9-17(15)21)24-14-20(11-12-20)16-8-4-6-10-18(16)25-2;/h3-10H,11-14H2,1-2H3,(H2,22,23,24);1H. The van der Waals surface area contributed by atoms with Gasteiger partial charge in [-0.05, 0) is 25.0 Å². The number of nitrogens with zero attached hydrogens (tertiary/aromatic N) is 1. The normalized spacial score (nSPS) is 15.0. The summed E-state index contributed by atoms with van der Waals surface area (Å²) in [5.41, 5.74) is 1.94. The van der Waals surface area contributed by atoms with Gasteiger partial charge in [0, 0.05) is 36.7 Å². The zero-order chi connectivity index (χ0) is 17.7. The zero-order valence-corrected chi connectivity index (χ0v) is 17.4. The molecule has 2 aromatic carbocycles. The summed E-state index contributed by atoms with van der Waals surface area (Å²) in [7, 11) is 3.43. The summed E-state index contributed by atoms with van der Waals surface area (Å²) in [5, 5.41) is 6.55. The number of aliphatic imine (C=N–C) groups is 1. The van der Waals surface area contributed by atoms with Gasteiger partial charge >= 0.3 is 0 Å². The maximum atomic E-state index is 13.7. The Morgan fingerprint density at radius 1 is 1.12 bits per heavy atom. The molecule has 0 radical (unpaired) electrons. The van der Waals surface area contributed by atoms with Crippen molar-refractivity contribution in [2.24, 2.45) is 4.99 Å².